The number of aliphatic hydroxyl groups excluding tert-OH is 1. The number of nitrogens with zero attached hydrogens (tertiary/aromatic N) is 2. The van der Waals surface area contributed by atoms with Crippen molar-refractivity contribution in [2.45, 2.75) is 25.7 Å². The zero-order valence-electron chi connectivity index (χ0n) is 15.4. The van der Waals surface area contributed by atoms with E-state index in [1.54, 1.807) is 0 Å². The summed E-state index contributed by atoms with van der Waals surface area (Å²) in [6.45, 7) is 4.99. The zero-order valence-corrected chi connectivity index (χ0v) is 15.4. The van der Waals surface area contributed by atoms with E-state index in [-0.39, 0.29) is 18.4 Å². The van der Waals surface area contributed by atoms with Crippen LogP contribution in [0.4, 0.5) is 0 Å². The predicted octanol–water partition coefficient (Wildman–Crippen LogP) is 2.26. The number of aromatic nitrogens is 1. The topological polar surface area (TPSA) is 59.6 Å². The van der Waals surface area contributed by atoms with Crippen LogP contribution in [0.15, 0.2) is 30.5 Å². The fourth-order valence-corrected chi connectivity index (χ4v) is 4.58. The van der Waals surface area contributed by atoms with Crippen molar-refractivity contribution in [3.63, 3.8) is 0 Å². The Kier molecular flexibility index (Phi) is 5.27. The average molecular weight is 355 g/mol. The van der Waals surface area contributed by atoms with E-state index >= 15 is 0 Å². The highest BCUT2D eigenvalue weighted by molar-refractivity contribution is 5.89. The Bertz CT molecular complexity index is 751. The number of benzene rings is 1. The number of likely N-dealkylation sites (tertiary alicyclic amines) is 2. The largest absolute Gasteiger partial charge is 0.396 e. The molecule has 4 rings (SSSR count). The summed E-state index contributed by atoms with van der Waals surface area (Å²) in [4.78, 5) is 20.6. The molecule has 1 aromatic heterocycles. The Morgan fingerprint density at radius 2 is 1.88 bits per heavy atom. The number of amides is 1. The lowest BCUT2D eigenvalue weighted by Crippen LogP contribution is -2.37. The molecule has 3 heterocycles. The Morgan fingerprint density at radius 3 is 2.69 bits per heavy atom. The molecule has 5 heteroatoms. The van der Waals surface area contributed by atoms with E-state index in [0.717, 1.165) is 42.6 Å². The number of carbonyl (C=O) groups is 1. The van der Waals surface area contributed by atoms with Crippen molar-refractivity contribution in [1.82, 2.24) is 14.8 Å². The molecule has 2 aliphatic heterocycles. The zero-order chi connectivity index (χ0) is 17.9. The number of aromatic amines is 1. The highest BCUT2D eigenvalue weighted by atomic mass is 16.3. The first-order chi connectivity index (χ1) is 12.7. The van der Waals surface area contributed by atoms with Gasteiger partial charge >= 0.3 is 0 Å². The molecule has 2 aromatic rings. The van der Waals surface area contributed by atoms with E-state index in [0.29, 0.717) is 18.9 Å². The summed E-state index contributed by atoms with van der Waals surface area (Å²) in [5, 5.41) is 10.9. The molecule has 0 radical (unpaired) electrons. The van der Waals surface area contributed by atoms with Gasteiger partial charge in [0.1, 0.15) is 0 Å². The molecule has 0 spiro atoms. The molecule has 0 saturated carbocycles. The van der Waals surface area contributed by atoms with Crippen molar-refractivity contribution >= 4 is 16.8 Å². The van der Waals surface area contributed by atoms with E-state index in [1.165, 1.54) is 19.3 Å². The van der Waals surface area contributed by atoms with Crippen LogP contribution in [0.25, 0.3) is 10.9 Å². The molecule has 0 aliphatic carbocycles. The number of hydrogen-bond donors (Lipinski definition) is 2. The highest BCUT2D eigenvalue weighted by Gasteiger charge is 2.35. The van der Waals surface area contributed by atoms with E-state index in [4.69, 9.17) is 0 Å². The van der Waals surface area contributed by atoms with E-state index < -0.39 is 0 Å². The summed E-state index contributed by atoms with van der Waals surface area (Å²) in [5.41, 5.74) is 2.14. The van der Waals surface area contributed by atoms with Gasteiger partial charge in [0, 0.05) is 49.3 Å². The van der Waals surface area contributed by atoms with Gasteiger partial charge in [0.05, 0.1) is 6.42 Å². The quantitative estimate of drug-likeness (QED) is 0.865. The lowest BCUT2D eigenvalue weighted by Gasteiger charge is -2.30. The third-order valence-electron chi connectivity index (χ3n) is 6.12. The first-order valence-electron chi connectivity index (χ1n) is 9.90. The lowest BCUT2D eigenvalue weighted by atomic mass is 9.95. The van der Waals surface area contributed by atoms with Crippen LogP contribution in [-0.4, -0.2) is 65.1 Å². The van der Waals surface area contributed by atoms with Crippen molar-refractivity contribution in [1.29, 1.82) is 0 Å². The monoisotopic (exact) mass is 355 g/mol. The van der Waals surface area contributed by atoms with Crippen LogP contribution in [0.1, 0.15) is 24.8 Å². The minimum absolute atomic E-state index is 0.175. The molecular weight excluding hydrogens is 326 g/mol. The minimum atomic E-state index is 0.175. The first-order valence-corrected chi connectivity index (χ1v) is 9.90. The van der Waals surface area contributed by atoms with E-state index in [2.05, 4.69) is 16.0 Å². The van der Waals surface area contributed by atoms with Gasteiger partial charge in [-0.2, -0.15) is 0 Å². The molecule has 26 heavy (non-hydrogen) atoms. The number of hydrogen-bond acceptors (Lipinski definition) is 3. The van der Waals surface area contributed by atoms with Crippen molar-refractivity contribution < 1.29 is 9.90 Å². The Labute approximate surface area is 155 Å². The van der Waals surface area contributed by atoms with E-state index in [1.807, 2.05) is 29.3 Å². The molecule has 2 aliphatic rings. The smallest absolute Gasteiger partial charge is 0.227 e. The Hall–Kier alpha value is -1.85. The second-order valence-electron chi connectivity index (χ2n) is 7.90. The Morgan fingerprint density at radius 1 is 1.12 bits per heavy atom. The molecular formula is C21H29N3O2. The molecule has 1 amide bonds. The van der Waals surface area contributed by atoms with Crippen molar-refractivity contribution in [3.05, 3.63) is 36.0 Å². The summed E-state index contributed by atoms with van der Waals surface area (Å²) in [6, 6.07) is 8.11. The molecule has 2 atom stereocenters. The summed E-state index contributed by atoms with van der Waals surface area (Å²) >= 11 is 0. The van der Waals surface area contributed by atoms with Gasteiger partial charge in [-0.25, -0.2) is 0 Å². The molecule has 2 N–H and O–H groups in total. The third kappa shape index (κ3) is 3.64. The summed E-state index contributed by atoms with van der Waals surface area (Å²) in [5.74, 6) is 0.781. The number of para-hydroxylation sites is 1. The fraction of sp³-hybridized carbons (Fsp3) is 0.571. The number of nitrogens with one attached hydrogen (secondary N) is 1. The SMILES string of the molecule is O=C(Cc1c[nH]c2ccccc12)N1C[C@@H](CN2CCCCC2)[C@@H](CO)C1. The second kappa shape index (κ2) is 7.80. The maximum atomic E-state index is 12.9. The highest BCUT2D eigenvalue weighted by Crippen LogP contribution is 2.27. The third-order valence-corrected chi connectivity index (χ3v) is 6.12. The van der Waals surface area contributed by atoms with Crippen LogP contribution in [0.2, 0.25) is 0 Å². The van der Waals surface area contributed by atoms with Crippen LogP contribution in [0.3, 0.4) is 0 Å². The second-order valence-corrected chi connectivity index (χ2v) is 7.90. The average Bonchev–Trinajstić information content (AvgIpc) is 3.27. The number of aliphatic hydroxyl groups is 1. The molecule has 5 nitrogen and oxygen atoms in total. The van der Waals surface area contributed by atoms with Gasteiger partial charge in [-0.3, -0.25) is 4.79 Å². The molecule has 1 aromatic carbocycles. The number of H-pyrrole nitrogens is 1. The van der Waals surface area contributed by atoms with Gasteiger partial charge in [-0.1, -0.05) is 24.6 Å². The summed E-state index contributed by atoms with van der Waals surface area (Å²) < 4.78 is 0. The van der Waals surface area contributed by atoms with Crippen LogP contribution < -0.4 is 0 Å². The molecule has 2 saturated heterocycles. The van der Waals surface area contributed by atoms with Crippen LogP contribution >= 0.6 is 0 Å². The summed E-state index contributed by atoms with van der Waals surface area (Å²) in [6.07, 6.45) is 6.27. The van der Waals surface area contributed by atoms with Gasteiger partial charge < -0.3 is 19.9 Å². The van der Waals surface area contributed by atoms with Gasteiger partial charge in [-0.15, -0.1) is 0 Å². The van der Waals surface area contributed by atoms with E-state index in [9.17, 15) is 9.90 Å². The predicted molar refractivity (Wildman–Crippen MR) is 103 cm³/mol. The van der Waals surface area contributed by atoms with Crippen LogP contribution in [-0.2, 0) is 11.2 Å². The van der Waals surface area contributed by atoms with Gasteiger partial charge in [0.25, 0.3) is 0 Å². The standard InChI is InChI=1S/C21H29N3O2/c25-15-18-14-24(13-17(18)12-23-8-4-1-5-9-23)21(26)10-16-11-22-20-7-3-2-6-19(16)20/h2-3,6-7,11,17-18,22,25H,1,4-5,8-10,12-15H2/t17-,18-/m1/s1. The fourth-order valence-electron chi connectivity index (χ4n) is 4.58. The molecule has 2 fully saturated rings. The molecule has 0 unspecified atom stereocenters. The maximum absolute atomic E-state index is 12.9. The molecule has 140 valence electrons. The van der Waals surface area contributed by atoms with Crippen molar-refractivity contribution in [3.8, 4) is 0 Å². The first kappa shape index (κ1) is 17.6. The van der Waals surface area contributed by atoms with Gasteiger partial charge in [0.2, 0.25) is 5.91 Å². The number of fused-ring (bicyclic) bond motifs is 1. The lowest BCUT2D eigenvalue weighted by molar-refractivity contribution is -0.129. The van der Waals surface area contributed by atoms with Crippen LogP contribution in [0.5, 0.6) is 0 Å². The molecule has 0 bridgehead atoms. The van der Waals surface area contributed by atoms with Gasteiger partial charge in [-0.05, 0) is 43.5 Å². The minimum Gasteiger partial charge on any atom is -0.396 e. The van der Waals surface area contributed by atoms with Crippen molar-refractivity contribution in [2.75, 3.05) is 39.3 Å². The Balaban J connectivity index is 1.40. The summed E-state index contributed by atoms with van der Waals surface area (Å²) in [7, 11) is 0. The number of rotatable bonds is 5. The van der Waals surface area contributed by atoms with Crippen molar-refractivity contribution in [2.24, 2.45) is 11.8 Å². The number of carbonyl (C=O) groups excluding carboxylic acids is 1. The normalized spacial score (nSPS) is 24.4. The maximum Gasteiger partial charge on any atom is 0.227 e. The van der Waals surface area contributed by atoms with Gasteiger partial charge in [0.15, 0.2) is 0 Å². The van der Waals surface area contributed by atoms with Crippen LogP contribution in [0, 0.1) is 11.8 Å². The number of piperidine rings is 1.